The Balaban J connectivity index is 2.47. The number of cyclic esters (lactones) is 1. The van der Waals surface area contributed by atoms with E-state index in [4.69, 9.17) is 4.74 Å². The molecular formula is C12H14N2O2. The number of amides is 1. The van der Waals surface area contributed by atoms with Crippen LogP contribution in [-0.4, -0.2) is 30.9 Å². The van der Waals surface area contributed by atoms with Crippen molar-refractivity contribution in [2.45, 2.75) is 12.5 Å². The van der Waals surface area contributed by atoms with Crippen LogP contribution >= 0.6 is 0 Å². The smallest absolute Gasteiger partial charge is 0.428 e. The summed E-state index contributed by atoms with van der Waals surface area (Å²) >= 11 is 0. The van der Waals surface area contributed by atoms with Crippen LogP contribution in [0.2, 0.25) is 0 Å². The van der Waals surface area contributed by atoms with Crippen LogP contribution in [0, 0.1) is 0 Å². The number of benzene rings is 1. The van der Waals surface area contributed by atoms with Crippen molar-refractivity contribution in [2.24, 2.45) is 4.99 Å². The van der Waals surface area contributed by atoms with E-state index in [9.17, 15) is 4.79 Å². The molecule has 0 aromatic heterocycles. The second-order valence-corrected chi connectivity index (χ2v) is 4.10. The first-order valence-electron chi connectivity index (χ1n) is 5.09. The van der Waals surface area contributed by atoms with Gasteiger partial charge in [0, 0.05) is 19.7 Å². The molecule has 1 unspecified atom stereocenters. The summed E-state index contributed by atoms with van der Waals surface area (Å²) in [7, 11) is 3.70. The largest absolute Gasteiger partial charge is 0.436 e. The van der Waals surface area contributed by atoms with E-state index in [0.717, 1.165) is 5.56 Å². The van der Waals surface area contributed by atoms with Gasteiger partial charge in [-0.2, -0.15) is 4.99 Å². The van der Waals surface area contributed by atoms with E-state index in [-0.39, 0.29) is 0 Å². The Bertz CT molecular complexity index is 440. The Kier molecular flexibility index (Phi) is 2.42. The maximum atomic E-state index is 11.3. The Hall–Kier alpha value is -1.84. The lowest BCUT2D eigenvalue weighted by Crippen LogP contribution is -2.40. The average molecular weight is 218 g/mol. The van der Waals surface area contributed by atoms with Crippen molar-refractivity contribution in [1.82, 2.24) is 4.90 Å². The summed E-state index contributed by atoms with van der Waals surface area (Å²) in [5.74, 6) is 0.628. The van der Waals surface area contributed by atoms with E-state index in [0.29, 0.717) is 5.84 Å². The lowest BCUT2D eigenvalue weighted by molar-refractivity contribution is 0.0883. The van der Waals surface area contributed by atoms with Crippen molar-refractivity contribution >= 4 is 11.9 Å². The van der Waals surface area contributed by atoms with Gasteiger partial charge in [-0.25, -0.2) is 4.79 Å². The molecule has 1 amide bonds. The minimum Gasteiger partial charge on any atom is -0.428 e. The molecule has 84 valence electrons. The van der Waals surface area contributed by atoms with Gasteiger partial charge in [0.25, 0.3) is 0 Å². The molecule has 16 heavy (non-hydrogen) atoms. The summed E-state index contributed by atoms with van der Waals surface area (Å²) in [5, 5.41) is 0. The molecule has 1 aromatic carbocycles. The summed E-state index contributed by atoms with van der Waals surface area (Å²) < 4.78 is 5.32. The SMILES string of the molecule is CN(C)C1=NC(=O)OC1(C)c1ccccc1. The van der Waals surface area contributed by atoms with Gasteiger partial charge in [-0.05, 0) is 6.92 Å². The minimum absolute atomic E-state index is 0.532. The summed E-state index contributed by atoms with van der Waals surface area (Å²) in [6.45, 7) is 1.85. The molecule has 1 heterocycles. The van der Waals surface area contributed by atoms with Crippen LogP contribution in [-0.2, 0) is 10.3 Å². The van der Waals surface area contributed by atoms with Gasteiger partial charge < -0.3 is 9.64 Å². The molecule has 1 aliphatic heterocycles. The highest BCUT2D eigenvalue weighted by molar-refractivity contribution is 6.02. The van der Waals surface area contributed by atoms with E-state index >= 15 is 0 Å². The fourth-order valence-electron chi connectivity index (χ4n) is 1.91. The molecule has 4 nitrogen and oxygen atoms in total. The first kappa shape index (κ1) is 10.7. The van der Waals surface area contributed by atoms with Crippen LogP contribution in [0.15, 0.2) is 35.3 Å². The van der Waals surface area contributed by atoms with Gasteiger partial charge in [-0.3, -0.25) is 0 Å². The molecule has 1 atom stereocenters. The van der Waals surface area contributed by atoms with Crippen LogP contribution in [0.1, 0.15) is 12.5 Å². The fraction of sp³-hybridized carbons (Fsp3) is 0.333. The standard InChI is InChI=1S/C12H14N2O2/c1-12(9-7-5-4-6-8-9)10(14(2)3)13-11(15)16-12/h4-8H,1-3H3. The van der Waals surface area contributed by atoms with Crippen LogP contribution in [0.3, 0.4) is 0 Å². The summed E-state index contributed by atoms with van der Waals surface area (Å²) in [6.07, 6.45) is -0.532. The molecule has 0 N–H and O–H groups in total. The second kappa shape index (κ2) is 3.63. The van der Waals surface area contributed by atoms with Crippen molar-refractivity contribution < 1.29 is 9.53 Å². The summed E-state index contributed by atoms with van der Waals surface area (Å²) in [6, 6.07) is 9.62. The molecule has 1 aliphatic rings. The molecule has 0 fully saturated rings. The Morgan fingerprint density at radius 2 is 1.88 bits per heavy atom. The third kappa shape index (κ3) is 1.56. The molecule has 0 radical (unpaired) electrons. The molecule has 0 bridgehead atoms. The van der Waals surface area contributed by atoms with Crippen molar-refractivity contribution in [3.05, 3.63) is 35.9 Å². The number of ether oxygens (including phenoxy) is 1. The van der Waals surface area contributed by atoms with E-state index in [1.165, 1.54) is 0 Å². The summed E-state index contributed by atoms with van der Waals surface area (Å²) in [5.41, 5.74) is 0.148. The maximum absolute atomic E-state index is 11.3. The lowest BCUT2D eigenvalue weighted by atomic mass is 9.94. The van der Waals surface area contributed by atoms with Crippen LogP contribution in [0.5, 0.6) is 0 Å². The van der Waals surface area contributed by atoms with Crippen LogP contribution in [0.25, 0.3) is 0 Å². The maximum Gasteiger partial charge on any atom is 0.436 e. The number of carbonyl (C=O) groups is 1. The number of aliphatic imine (C=N–C) groups is 1. The number of rotatable bonds is 1. The monoisotopic (exact) mass is 218 g/mol. The first-order valence-corrected chi connectivity index (χ1v) is 5.09. The van der Waals surface area contributed by atoms with Gasteiger partial charge in [0.1, 0.15) is 0 Å². The first-order chi connectivity index (χ1) is 7.54. The van der Waals surface area contributed by atoms with Crippen molar-refractivity contribution in [3.63, 3.8) is 0 Å². The van der Waals surface area contributed by atoms with Gasteiger partial charge in [0.2, 0.25) is 0 Å². The van der Waals surface area contributed by atoms with Crippen LogP contribution in [0.4, 0.5) is 4.79 Å². The Morgan fingerprint density at radius 1 is 1.25 bits per heavy atom. The zero-order valence-corrected chi connectivity index (χ0v) is 9.60. The van der Waals surface area contributed by atoms with Gasteiger partial charge in [0.15, 0.2) is 11.4 Å². The predicted molar refractivity (Wildman–Crippen MR) is 61.4 cm³/mol. The highest BCUT2D eigenvalue weighted by atomic mass is 16.6. The summed E-state index contributed by atoms with van der Waals surface area (Å²) in [4.78, 5) is 17.0. The number of hydrogen-bond acceptors (Lipinski definition) is 3. The van der Waals surface area contributed by atoms with Gasteiger partial charge >= 0.3 is 6.09 Å². The van der Waals surface area contributed by atoms with Gasteiger partial charge in [0.05, 0.1) is 0 Å². The number of hydrogen-bond donors (Lipinski definition) is 0. The second-order valence-electron chi connectivity index (χ2n) is 4.10. The quantitative estimate of drug-likeness (QED) is 0.724. The van der Waals surface area contributed by atoms with Crippen molar-refractivity contribution in [2.75, 3.05) is 14.1 Å². The number of nitrogens with zero attached hydrogens (tertiary/aromatic N) is 2. The Labute approximate surface area is 94.5 Å². The molecule has 1 aromatic rings. The van der Waals surface area contributed by atoms with Crippen molar-refractivity contribution in [3.8, 4) is 0 Å². The number of amidine groups is 1. The minimum atomic E-state index is -0.776. The molecule has 0 spiro atoms. The number of carbonyl (C=O) groups excluding carboxylic acids is 1. The Morgan fingerprint density at radius 3 is 2.44 bits per heavy atom. The fourth-order valence-corrected chi connectivity index (χ4v) is 1.91. The van der Waals surface area contributed by atoms with Crippen LogP contribution < -0.4 is 0 Å². The molecule has 4 heteroatoms. The lowest BCUT2D eigenvalue weighted by Gasteiger charge is -2.28. The van der Waals surface area contributed by atoms with E-state index < -0.39 is 11.7 Å². The van der Waals surface area contributed by atoms with Gasteiger partial charge in [-0.1, -0.05) is 30.3 Å². The molecule has 0 saturated heterocycles. The van der Waals surface area contributed by atoms with Gasteiger partial charge in [-0.15, -0.1) is 0 Å². The third-order valence-electron chi connectivity index (χ3n) is 2.66. The third-order valence-corrected chi connectivity index (χ3v) is 2.66. The molecule has 0 saturated carbocycles. The normalized spacial score (nSPS) is 23.9. The van der Waals surface area contributed by atoms with E-state index in [1.54, 1.807) is 4.90 Å². The zero-order chi connectivity index (χ0) is 11.8. The molecule has 0 aliphatic carbocycles. The highest BCUT2D eigenvalue weighted by Crippen LogP contribution is 2.32. The van der Waals surface area contributed by atoms with Crippen molar-refractivity contribution in [1.29, 1.82) is 0 Å². The van der Waals surface area contributed by atoms with E-state index in [2.05, 4.69) is 4.99 Å². The van der Waals surface area contributed by atoms with E-state index in [1.807, 2.05) is 51.4 Å². The molecular weight excluding hydrogens is 204 g/mol. The number of likely N-dealkylation sites (N-methyl/N-ethyl adjacent to an activating group) is 1. The molecule has 2 rings (SSSR count). The topological polar surface area (TPSA) is 41.9 Å². The zero-order valence-electron chi connectivity index (χ0n) is 9.60. The predicted octanol–water partition coefficient (Wildman–Crippen LogP) is 2.01. The average Bonchev–Trinajstić information content (AvgIpc) is 2.57. The highest BCUT2D eigenvalue weighted by Gasteiger charge is 2.43.